The molecule has 3 aromatic rings. The Bertz CT molecular complexity index is 1110. The van der Waals surface area contributed by atoms with E-state index < -0.39 is 17.7 Å². The number of para-hydroxylation sites is 2. The molecular formula is C24H22N4O4. The third-order valence-corrected chi connectivity index (χ3v) is 4.23. The van der Waals surface area contributed by atoms with Crippen molar-refractivity contribution >= 4 is 35.3 Å². The van der Waals surface area contributed by atoms with Crippen molar-refractivity contribution in [2.24, 2.45) is 5.10 Å². The lowest BCUT2D eigenvalue weighted by Gasteiger charge is -2.11. The molecule has 3 rings (SSSR count). The van der Waals surface area contributed by atoms with Gasteiger partial charge in [0.15, 0.2) is 0 Å². The van der Waals surface area contributed by atoms with E-state index in [0.29, 0.717) is 12.3 Å². The van der Waals surface area contributed by atoms with E-state index in [2.05, 4.69) is 21.2 Å². The summed E-state index contributed by atoms with van der Waals surface area (Å²) >= 11 is 0. The number of anilines is 2. The van der Waals surface area contributed by atoms with Gasteiger partial charge in [0.05, 0.1) is 24.1 Å². The molecule has 0 heterocycles. The maximum Gasteiger partial charge on any atom is 0.329 e. The molecule has 0 aliphatic heterocycles. The number of ether oxygens (including phenoxy) is 1. The predicted octanol–water partition coefficient (Wildman–Crippen LogP) is 3.43. The molecule has 162 valence electrons. The van der Waals surface area contributed by atoms with Crippen molar-refractivity contribution in [3.63, 3.8) is 0 Å². The molecule has 0 spiro atoms. The summed E-state index contributed by atoms with van der Waals surface area (Å²) < 4.78 is 5.36. The Morgan fingerprint density at radius 2 is 1.53 bits per heavy atom. The summed E-state index contributed by atoms with van der Waals surface area (Å²) in [5, 5.41) is 8.97. The van der Waals surface area contributed by atoms with Crippen molar-refractivity contribution in [3.8, 4) is 5.75 Å². The number of rotatable bonds is 7. The van der Waals surface area contributed by atoms with Gasteiger partial charge < -0.3 is 15.4 Å². The number of hydrogen-bond donors (Lipinski definition) is 3. The van der Waals surface area contributed by atoms with Gasteiger partial charge in [-0.1, -0.05) is 30.3 Å². The first kappa shape index (κ1) is 22.2. The summed E-state index contributed by atoms with van der Waals surface area (Å²) in [4.78, 5) is 36.9. The number of amides is 3. The number of carbonyl (C=O) groups excluding carboxylic acids is 3. The van der Waals surface area contributed by atoms with Crippen molar-refractivity contribution in [3.05, 3.63) is 90.0 Å². The van der Waals surface area contributed by atoms with E-state index >= 15 is 0 Å². The van der Waals surface area contributed by atoms with Gasteiger partial charge in [0.25, 0.3) is 5.91 Å². The van der Waals surface area contributed by atoms with Gasteiger partial charge in [0.1, 0.15) is 5.75 Å². The third-order valence-electron chi connectivity index (χ3n) is 4.23. The quantitative estimate of drug-likeness (QED) is 0.303. The standard InChI is InChI=1S/C24H22N4O4/c1-2-32-19-14-12-17(13-15-19)16-25-28-24(31)23(30)27-21-11-7-6-10-20(21)22(29)26-18-8-4-3-5-9-18/h3-16H,2H2,1H3,(H,26,29)(H,27,30)(H,28,31)/b25-16-. The van der Waals surface area contributed by atoms with Crippen LogP contribution in [0.25, 0.3) is 0 Å². The highest BCUT2D eigenvalue weighted by molar-refractivity contribution is 6.40. The minimum absolute atomic E-state index is 0.205. The van der Waals surface area contributed by atoms with Crippen LogP contribution in [0, 0.1) is 0 Å². The van der Waals surface area contributed by atoms with Crippen LogP contribution < -0.4 is 20.8 Å². The maximum absolute atomic E-state index is 12.6. The van der Waals surface area contributed by atoms with Gasteiger partial charge in [-0.3, -0.25) is 14.4 Å². The predicted molar refractivity (Wildman–Crippen MR) is 123 cm³/mol. The number of hydrazone groups is 1. The molecule has 0 aliphatic carbocycles. The highest BCUT2D eigenvalue weighted by Crippen LogP contribution is 2.17. The first-order valence-electron chi connectivity index (χ1n) is 9.89. The second-order valence-electron chi connectivity index (χ2n) is 6.52. The van der Waals surface area contributed by atoms with Gasteiger partial charge in [-0.25, -0.2) is 5.43 Å². The van der Waals surface area contributed by atoms with Crippen LogP contribution in [-0.4, -0.2) is 30.5 Å². The summed E-state index contributed by atoms with van der Waals surface area (Å²) in [5.74, 6) is -1.61. The minimum atomic E-state index is -0.967. The van der Waals surface area contributed by atoms with E-state index in [4.69, 9.17) is 4.74 Å². The monoisotopic (exact) mass is 430 g/mol. The van der Waals surface area contributed by atoms with Crippen molar-refractivity contribution in [1.29, 1.82) is 0 Å². The summed E-state index contributed by atoms with van der Waals surface area (Å²) in [6.45, 7) is 2.46. The number of hydrogen-bond acceptors (Lipinski definition) is 5. The largest absolute Gasteiger partial charge is 0.494 e. The molecular weight excluding hydrogens is 408 g/mol. The van der Waals surface area contributed by atoms with E-state index in [1.165, 1.54) is 12.3 Å². The van der Waals surface area contributed by atoms with Crippen LogP contribution in [0.2, 0.25) is 0 Å². The van der Waals surface area contributed by atoms with Gasteiger partial charge in [-0.15, -0.1) is 0 Å². The molecule has 32 heavy (non-hydrogen) atoms. The normalized spacial score (nSPS) is 10.4. The molecule has 0 atom stereocenters. The maximum atomic E-state index is 12.6. The molecule has 0 saturated carbocycles. The van der Waals surface area contributed by atoms with Crippen molar-refractivity contribution in [1.82, 2.24) is 5.43 Å². The molecule has 3 amide bonds. The Labute approximate surface area is 185 Å². The lowest BCUT2D eigenvalue weighted by molar-refractivity contribution is -0.136. The average Bonchev–Trinajstić information content (AvgIpc) is 2.81. The van der Waals surface area contributed by atoms with Gasteiger partial charge >= 0.3 is 11.8 Å². The molecule has 0 unspecified atom stereocenters. The van der Waals surface area contributed by atoms with Crippen LogP contribution in [-0.2, 0) is 9.59 Å². The van der Waals surface area contributed by atoms with Crippen LogP contribution in [0.5, 0.6) is 5.75 Å². The zero-order chi connectivity index (χ0) is 22.8. The van der Waals surface area contributed by atoms with E-state index in [1.54, 1.807) is 66.7 Å². The smallest absolute Gasteiger partial charge is 0.329 e. The van der Waals surface area contributed by atoms with Gasteiger partial charge in [0, 0.05) is 5.69 Å². The molecule has 0 fully saturated rings. The Balaban J connectivity index is 1.59. The SMILES string of the molecule is CCOc1ccc(/C=N\NC(=O)C(=O)Nc2ccccc2C(=O)Nc2ccccc2)cc1. The summed E-state index contributed by atoms with van der Waals surface area (Å²) in [6, 6.07) is 22.4. The van der Waals surface area contributed by atoms with E-state index in [9.17, 15) is 14.4 Å². The zero-order valence-electron chi connectivity index (χ0n) is 17.4. The van der Waals surface area contributed by atoms with Crippen LogP contribution in [0.15, 0.2) is 84.0 Å². The number of benzene rings is 3. The topological polar surface area (TPSA) is 109 Å². The highest BCUT2D eigenvalue weighted by Gasteiger charge is 2.17. The van der Waals surface area contributed by atoms with Crippen LogP contribution >= 0.6 is 0 Å². The second-order valence-corrected chi connectivity index (χ2v) is 6.52. The fourth-order valence-electron chi connectivity index (χ4n) is 2.72. The molecule has 0 aromatic heterocycles. The lowest BCUT2D eigenvalue weighted by Crippen LogP contribution is -2.33. The Kier molecular flexibility index (Phi) is 7.69. The number of nitrogens with one attached hydrogen (secondary N) is 3. The zero-order valence-corrected chi connectivity index (χ0v) is 17.4. The van der Waals surface area contributed by atoms with Crippen molar-refractivity contribution in [2.75, 3.05) is 17.2 Å². The third kappa shape index (κ3) is 6.27. The van der Waals surface area contributed by atoms with Gasteiger partial charge in [-0.05, 0) is 61.0 Å². The Morgan fingerprint density at radius 3 is 2.25 bits per heavy atom. The molecule has 0 saturated heterocycles. The first-order chi connectivity index (χ1) is 15.6. The molecule has 8 heteroatoms. The van der Waals surface area contributed by atoms with E-state index in [0.717, 1.165) is 11.3 Å². The van der Waals surface area contributed by atoms with E-state index in [-0.39, 0.29) is 11.3 Å². The van der Waals surface area contributed by atoms with Crippen LogP contribution in [0.1, 0.15) is 22.8 Å². The van der Waals surface area contributed by atoms with Crippen LogP contribution in [0.4, 0.5) is 11.4 Å². The lowest BCUT2D eigenvalue weighted by atomic mass is 10.1. The van der Waals surface area contributed by atoms with Crippen molar-refractivity contribution in [2.45, 2.75) is 6.92 Å². The Morgan fingerprint density at radius 1 is 0.844 bits per heavy atom. The summed E-state index contributed by atoms with van der Waals surface area (Å²) in [6.07, 6.45) is 1.40. The van der Waals surface area contributed by atoms with Crippen LogP contribution in [0.3, 0.4) is 0 Å². The van der Waals surface area contributed by atoms with Crippen molar-refractivity contribution < 1.29 is 19.1 Å². The highest BCUT2D eigenvalue weighted by atomic mass is 16.5. The number of carbonyl (C=O) groups is 3. The van der Waals surface area contributed by atoms with E-state index in [1.807, 2.05) is 13.0 Å². The first-order valence-corrected chi connectivity index (χ1v) is 9.89. The fourth-order valence-corrected chi connectivity index (χ4v) is 2.72. The molecule has 3 N–H and O–H groups in total. The second kappa shape index (κ2) is 11.1. The molecule has 0 aliphatic rings. The minimum Gasteiger partial charge on any atom is -0.494 e. The van der Waals surface area contributed by atoms with Gasteiger partial charge in [0.2, 0.25) is 0 Å². The molecule has 3 aromatic carbocycles. The average molecular weight is 430 g/mol. The summed E-state index contributed by atoms with van der Waals surface area (Å²) in [7, 11) is 0. The Hall–Kier alpha value is -4.46. The van der Waals surface area contributed by atoms with Gasteiger partial charge in [-0.2, -0.15) is 5.10 Å². The molecule has 0 bridgehead atoms. The number of nitrogens with zero attached hydrogens (tertiary/aromatic N) is 1. The summed E-state index contributed by atoms with van der Waals surface area (Å²) in [5.41, 5.74) is 3.92. The molecule has 8 nitrogen and oxygen atoms in total. The molecule has 0 radical (unpaired) electrons. The fraction of sp³-hybridized carbons (Fsp3) is 0.0833.